The van der Waals surface area contributed by atoms with Crippen LogP contribution in [-0.2, 0) is 12.8 Å². The van der Waals surface area contributed by atoms with Gasteiger partial charge in [-0.05, 0) is 38.3 Å². The Morgan fingerprint density at radius 2 is 2.14 bits per heavy atom. The topological polar surface area (TPSA) is 39.3 Å². The second kappa shape index (κ2) is 6.29. The molecule has 22 heavy (non-hydrogen) atoms. The molecule has 0 saturated heterocycles. The number of aromatic nitrogens is 1. The molecule has 1 N–H and O–H groups in total. The fraction of sp³-hybridized carbons (Fsp3) is 0.611. The van der Waals surface area contributed by atoms with Crippen molar-refractivity contribution in [3.8, 4) is 0 Å². The first-order chi connectivity index (χ1) is 10.6. The van der Waals surface area contributed by atoms with Crippen LogP contribution < -0.4 is 10.5 Å². The molecule has 0 saturated carbocycles. The summed E-state index contributed by atoms with van der Waals surface area (Å²) in [4.78, 5) is 20.3. The van der Waals surface area contributed by atoms with Gasteiger partial charge in [0.15, 0.2) is 0 Å². The van der Waals surface area contributed by atoms with Crippen LogP contribution in [0.25, 0.3) is 6.08 Å². The molecule has 1 aliphatic heterocycles. The summed E-state index contributed by atoms with van der Waals surface area (Å²) < 4.78 is 0. The van der Waals surface area contributed by atoms with Crippen molar-refractivity contribution in [2.24, 2.45) is 5.92 Å². The fourth-order valence-corrected chi connectivity index (χ4v) is 3.81. The molecule has 2 heterocycles. The average molecular weight is 301 g/mol. The Morgan fingerprint density at radius 3 is 2.86 bits per heavy atom. The molecule has 0 amide bonds. The molecule has 120 valence electrons. The molecule has 1 aromatic rings. The van der Waals surface area contributed by atoms with Gasteiger partial charge in [0.05, 0.1) is 5.69 Å². The van der Waals surface area contributed by atoms with Crippen molar-refractivity contribution in [3.63, 3.8) is 0 Å². The van der Waals surface area contributed by atoms with E-state index in [-0.39, 0.29) is 5.56 Å². The Kier molecular flexibility index (Phi) is 4.39. The van der Waals surface area contributed by atoms with Gasteiger partial charge in [-0.2, -0.15) is 0 Å². The Hall–Kier alpha value is -1.55. The van der Waals surface area contributed by atoms with E-state index in [1.807, 2.05) is 0 Å². The van der Waals surface area contributed by atoms with Gasteiger partial charge in [0.1, 0.15) is 0 Å². The first-order valence-electron chi connectivity index (χ1n) is 8.53. The van der Waals surface area contributed by atoms with E-state index in [1.54, 1.807) is 0 Å². The summed E-state index contributed by atoms with van der Waals surface area (Å²) in [7, 11) is 2.10. The minimum Gasteiger partial charge on any atom is -0.374 e. The van der Waals surface area contributed by atoms with Gasteiger partial charge < -0.3 is 14.8 Å². The highest BCUT2D eigenvalue weighted by Gasteiger charge is 2.25. The summed E-state index contributed by atoms with van der Waals surface area (Å²) in [6, 6.07) is 0. The van der Waals surface area contributed by atoms with E-state index in [0.29, 0.717) is 5.92 Å². The van der Waals surface area contributed by atoms with E-state index in [1.165, 1.54) is 11.3 Å². The number of pyridine rings is 1. The lowest BCUT2D eigenvalue weighted by molar-refractivity contribution is 0.271. The van der Waals surface area contributed by atoms with Crippen molar-refractivity contribution in [1.29, 1.82) is 0 Å². The molecular formula is C18H27N3O. The quantitative estimate of drug-likeness (QED) is 0.927. The molecule has 3 rings (SSSR count). The first kappa shape index (κ1) is 15.3. The van der Waals surface area contributed by atoms with E-state index >= 15 is 0 Å². The second-order valence-corrected chi connectivity index (χ2v) is 6.51. The zero-order chi connectivity index (χ0) is 15.7. The van der Waals surface area contributed by atoms with Crippen molar-refractivity contribution in [2.45, 2.75) is 33.1 Å². The summed E-state index contributed by atoms with van der Waals surface area (Å²) in [5, 5.41) is 0. The minimum absolute atomic E-state index is 0.122. The lowest BCUT2D eigenvalue weighted by atomic mass is 9.89. The molecule has 2 aliphatic rings. The van der Waals surface area contributed by atoms with Crippen LogP contribution in [0.4, 0.5) is 5.69 Å². The van der Waals surface area contributed by atoms with Crippen LogP contribution in [-0.4, -0.2) is 43.1 Å². The molecule has 1 unspecified atom stereocenters. The Labute approximate surface area is 132 Å². The van der Waals surface area contributed by atoms with Gasteiger partial charge in [-0.25, -0.2) is 0 Å². The number of nitrogens with one attached hydrogen (secondary N) is 1. The number of fused-ring (bicyclic) bond motifs is 3. The summed E-state index contributed by atoms with van der Waals surface area (Å²) in [6.07, 6.45) is 7.49. The van der Waals surface area contributed by atoms with E-state index < -0.39 is 0 Å². The lowest BCUT2D eigenvalue weighted by Crippen LogP contribution is -2.34. The zero-order valence-electron chi connectivity index (χ0n) is 14.0. The van der Waals surface area contributed by atoms with Gasteiger partial charge in [0.2, 0.25) is 0 Å². The molecular weight excluding hydrogens is 274 g/mol. The van der Waals surface area contributed by atoms with E-state index in [4.69, 9.17) is 0 Å². The van der Waals surface area contributed by atoms with Crippen LogP contribution in [0.5, 0.6) is 0 Å². The third-order valence-electron chi connectivity index (χ3n) is 5.10. The predicted octanol–water partition coefficient (Wildman–Crippen LogP) is 2.28. The van der Waals surface area contributed by atoms with Gasteiger partial charge in [0.25, 0.3) is 5.56 Å². The van der Waals surface area contributed by atoms with Gasteiger partial charge in [-0.1, -0.05) is 26.0 Å². The SMILES string of the molecule is CCN(CC)CC1C=Cc2c([nH]c(=O)c3c2N(C)CCC3)C1. The molecule has 0 aromatic carbocycles. The minimum atomic E-state index is 0.122. The highest BCUT2D eigenvalue weighted by atomic mass is 16.1. The summed E-state index contributed by atoms with van der Waals surface area (Å²) in [5.41, 5.74) is 4.63. The molecule has 4 heteroatoms. The molecule has 1 aromatic heterocycles. The second-order valence-electron chi connectivity index (χ2n) is 6.51. The average Bonchev–Trinajstić information content (AvgIpc) is 2.53. The highest BCUT2D eigenvalue weighted by molar-refractivity contribution is 5.74. The van der Waals surface area contributed by atoms with Crippen LogP contribution in [0.1, 0.15) is 37.1 Å². The van der Waals surface area contributed by atoms with Crippen LogP contribution in [0.15, 0.2) is 10.9 Å². The Morgan fingerprint density at radius 1 is 1.36 bits per heavy atom. The summed E-state index contributed by atoms with van der Waals surface area (Å²) >= 11 is 0. The molecule has 0 fully saturated rings. The van der Waals surface area contributed by atoms with Crippen LogP contribution in [0.2, 0.25) is 0 Å². The third-order valence-corrected chi connectivity index (χ3v) is 5.10. The van der Waals surface area contributed by atoms with Crippen molar-refractivity contribution in [3.05, 3.63) is 33.3 Å². The highest BCUT2D eigenvalue weighted by Crippen LogP contribution is 2.33. The number of aromatic amines is 1. The molecule has 1 atom stereocenters. The number of rotatable bonds is 4. The Bertz CT molecular complexity index is 628. The van der Waals surface area contributed by atoms with Gasteiger partial charge in [-0.15, -0.1) is 0 Å². The molecule has 4 nitrogen and oxygen atoms in total. The van der Waals surface area contributed by atoms with Gasteiger partial charge in [0, 0.05) is 37.0 Å². The van der Waals surface area contributed by atoms with Crippen molar-refractivity contribution >= 4 is 11.8 Å². The Balaban J connectivity index is 1.92. The largest absolute Gasteiger partial charge is 0.374 e. The van der Waals surface area contributed by atoms with Crippen molar-refractivity contribution < 1.29 is 0 Å². The number of hydrogen-bond acceptors (Lipinski definition) is 3. The monoisotopic (exact) mass is 301 g/mol. The summed E-state index contributed by atoms with van der Waals surface area (Å²) in [5.74, 6) is 0.495. The van der Waals surface area contributed by atoms with Crippen LogP contribution >= 0.6 is 0 Å². The number of H-pyrrole nitrogens is 1. The van der Waals surface area contributed by atoms with Crippen molar-refractivity contribution in [1.82, 2.24) is 9.88 Å². The first-order valence-corrected chi connectivity index (χ1v) is 8.53. The van der Waals surface area contributed by atoms with Gasteiger partial charge in [-0.3, -0.25) is 4.79 Å². The predicted molar refractivity (Wildman–Crippen MR) is 92.7 cm³/mol. The molecule has 0 bridgehead atoms. The normalized spacial score (nSPS) is 20.2. The molecule has 0 spiro atoms. The third kappa shape index (κ3) is 2.72. The maximum absolute atomic E-state index is 12.4. The van der Waals surface area contributed by atoms with E-state index in [0.717, 1.165) is 56.7 Å². The number of anilines is 1. The lowest BCUT2D eigenvalue weighted by Gasteiger charge is -2.32. The van der Waals surface area contributed by atoms with E-state index in [9.17, 15) is 4.79 Å². The van der Waals surface area contributed by atoms with Crippen LogP contribution in [0, 0.1) is 5.92 Å². The van der Waals surface area contributed by atoms with E-state index in [2.05, 4.69) is 47.8 Å². The number of nitrogens with zero attached hydrogens (tertiary/aromatic N) is 2. The van der Waals surface area contributed by atoms with Gasteiger partial charge >= 0.3 is 0 Å². The standard InChI is InChI=1S/C18H27N3O/c1-4-21(5-2)12-13-8-9-14-16(11-13)19-18(22)15-7-6-10-20(3)17(14)15/h8-9,13H,4-7,10-12H2,1-3H3,(H,19,22). The smallest absolute Gasteiger partial charge is 0.253 e. The van der Waals surface area contributed by atoms with Crippen LogP contribution in [0.3, 0.4) is 0 Å². The maximum Gasteiger partial charge on any atom is 0.253 e. The fourth-order valence-electron chi connectivity index (χ4n) is 3.81. The van der Waals surface area contributed by atoms with Crippen molar-refractivity contribution in [2.75, 3.05) is 38.1 Å². The zero-order valence-corrected chi connectivity index (χ0v) is 14.0. The maximum atomic E-state index is 12.4. The summed E-state index contributed by atoms with van der Waals surface area (Å²) in [6.45, 7) is 8.68. The molecule has 0 radical (unpaired) electrons. The molecule has 1 aliphatic carbocycles. The number of hydrogen-bond donors (Lipinski definition) is 1.